The fourth-order valence-corrected chi connectivity index (χ4v) is 16.3. The monoisotopic (exact) mass is 898 g/mol. The zero-order valence-corrected chi connectivity index (χ0v) is 39.5. The van der Waals surface area contributed by atoms with E-state index in [1.54, 1.807) is 5.57 Å². The minimum Gasteiger partial charge on any atom is -0.462 e. The largest absolute Gasteiger partial charge is 0.462 e. The van der Waals surface area contributed by atoms with Crippen molar-refractivity contribution in [1.29, 1.82) is 0 Å². The van der Waals surface area contributed by atoms with Gasteiger partial charge in [-0.3, -0.25) is 9.36 Å². The van der Waals surface area contributed by atoms with Gasteiger partial charge in [0.05, 0.1) is 28.2 Å². The highest BCUT2D eigenvalue weighted by molar-refractivity contribution is 7.52. The van der Waals surface area contributed by atoms with Gasteiger partial charge in [0.25, 0.3) is 0 Å². The van der Waals surface area contributed by atoms with Gasteiger partial charge in [0, 0.05) is 28.6 Å². The number of aliphatic hydroxyl groups is 1. The first kappa shape index (κ1) is 43.5. The normalized spacial score (nSPS) is 38.3. The van der Waals surface area contributed by atoms with Crippen LogP contribution in [-0.2, 0) is 14.1 Å². The highest BCUT2D eigenvalue weighted by Crippen LogP contribution is 2.67. The number of esters is 1. The van der Waals surface area contributed by atoms with Gasteiger partial charge < -0.3 is 28.8 Å². The Morgan fingerprint density at radius 1 is 0.646 bits per heavy atom. The number of aliphatic hydroxyl groups excluding tert-OH is 1. The highest BCUT2D eigenvalue weighted by atomic mass is 31.2. The van der Waals surface area contributed by atoms with E-state index in [0.29, 0.717) is 29.6 Å². The minimum absolute atomic E-state index is 0.0981. The molecule has 2 aromatic carbocycles. The number of aromatic nitrogens is 4. The van der Waals surface area contributed by atoms with Gasteiger partial charge in [-0.1, -0.05) is 87.4 Å². The van der Waals surface area contributed by atoms with Crippen LogP contribution in [0.15, 0.2) is 96.6 Å². The zero-order valence-electron chi connectivity index (χ0n) is 38.6. The fraction of sp³-hybridized carbons (Fsp3) is 0.574. The number of carbonyl (C=O) groups is 1. The van der Waals surface area contributed by atoms with Crippen LogP contribution < -0.4 is 0 Å². The molecule has 2 heterocycles. The molecule has 0 saturated heterocycles. The highest BCUT2D eigenvalue weighted by Gasteiger charge is 2.59. The SMILES string of the molecule is C[C@]12CC[C@H](O)CC1=CCC1C2CC[C@]2(C)C(n3cnc4ccccc43)=CCC12.C[C@]12CC[C@H](OC(=O)CP(=O)(O)O)CC1=CCC1C2CC[C@]2(C)C(n3cnc4ccccc43)=CCC12. The lowest BCUT2D eigenvalue weighted by atomic mass is 9.47. The van der Waals surface area contributed by atoms with Gasteiger partial charge in [0.15, 0.2) is 0 Å². The zero-order chi connectivity index (χ0) is 45.1. The maximum atomic E-state index is 12.0. The Balaban J connectivity index is 0.000000147. The summed E-state index contributed by atoms with van der Waals surface area (Å²) < 4.78 is 21.3. The van der Waals surface area contributed by atoms with Crippen LogP contribution in [0.2, 0.25) is 0 Å². The van der Waals surface area contributed by atoms with Crippen molar-refractivity contribution in [3.05, 3.63) is 96.6 Å². The number of hydrogen-bond donors (Lipinski definition) is 3. The van der Waals surface area contributed by atoms with E-state index < -0.39 is 19.7 Å². The van der Waals surface area contributed by atoms with Crippen LogP contribution in [0.5, 0.6) is 0 Å². The smallest absolute Gasteiger partial charge is 0.336 e. The number of ether oxygens (including phenoxy) is 1. The first-order valence-electron chi connectivity index (χ1n) is 24.7. The van der Waals surface area contributed by atoms with Gasteiger partial charge in [0.2, 0.25) is 0 Å². The van der Waals surface area contributed by atoms with Gasteiger partial charge in [-0.2, -0.15) is 0 Å². The molecule has 12 atom stereocenters. The van der Waals surface area contributed by atoms with E-state index in [9.17, 15) is 14.5 Å². The summed E-state index contributed by atoms with van der Waals surface area (Å²) in [5.74, 6) is 3.29. The molecule has 6 unspecified atom stereocenters. The third-order valence-electron chi connectivity index (χ3n) is 19.3. The summed E-state index contributed by atoms with van der Waals surface area (Å²) in [6.07, 6.45) is 27.6. The van der Waals surface area contributed by atoms with Crippen molar-refractivity contribution in [2.75, 3.05) is 6.16 Å². The fourth-order valence-electron chi connectivity index (χ4n) is 15.9. The summed E-state index contributed by atoms with van der Waals surface area (Å²) >= 11 is 0. The van der Waals surface area contributed by atoms with Crippen molar-refractivity contribution in [1.82, 2.24) is 19.1 Å². The summed E-state index contributed by atoms with van der Waals surface area (Å²) in [5, 5.41) is 10.2. The third-order valence-corrected chi connectivity index (χ3v) is 19.9. The van der Waals surface area contributed by atoms with E-state index in [0.717, 1.165) is 80.2 Å². The third kappa shape index (κ3) is 7.04. The average molecular weight is 899 g/mol. The van der Waals surface area contributed by atoms with Gasteiger partial charge in [0.1, 0.15) is 24.9 Å². The molecule has 10 nitrogen and oxygen atoms in total. The molecule has 8 aliphatic carbocycles. The number of fused-ring (bicyclic) bond motifs is 12. The van der Waals surface area contributed by atoms with Gasteiger partial charge in [-0.25, -0.2) is 9.97 Å². The molecule has 4 saturated carbocycles. The number of benzene rings is 2. The average Bonchev–Trinajstić information content (AvgIpc) is 4.06. The molecule has 2 aromatic heterocycles. The Bertz CT molecular complexity index is 2720. The van der Waals surface area contributed by atoms with Crippen LogP contribution in [0.1, 0.15) is 118 Å². The molecule has 8 aliphatic rings. The van der Waals surface area contributed by atoms with E-state index in [2.05, 4.69) is 114 Å². The molecular formula is C54H67N4O6P. The van der Waals surface area contributed by atoms with Crippen molar-refractivity contribution in [3.63, 3.8) is 0 Å². The molecule has 12 rings (SSSR count). The molecular weight excluding hydrogens is 832 g/mol. The lowest BCUT2D eigenvalue weighted by molar-refractivity contribution is -0.148. The number of imidazole rings is 2. The van der Waals surface area contributed by atoms with Gasteiger partial charge in [-0.05, 0) is 154 Å². The molecule has 65 heavy (non-hydrogen) atoms. The summed E-state index contributed by atoms with van der Waals surface area (Å²) in [6.45, 7) is 9.89. The first-order chi connectivity index (χ1) is 31.1. The minimum atomic E-state index is -4.41. The van der Waals surface area contributed by atoms with Crippen LogP contribution in [-0.4, -0.2) is 58.3 Å². The molecule has 0 aliphatic heterocycles. The molecule has 11 heteroatoms. The van der Waals surface area contributed by atoms with Crippen LogP contribution >= 0.6 is 7.60 Å². The van der Waals surface area contributed by atoms with Crippen molar-refractivity contribution >= 4 is 47.0 Å². The Morgan fingerprint density at radius 3 is 1.65 bits per heavy atom. The second kappa shape index (κ2) is 15.8. The molecule has 0 bridgehead atoms. The molecule has 3 N–H and O–H groups in total. The van der Waals surface area contributed by atoms with Crippen molar-refractivity contribution in [3.8, 4) is 0 Å². The topological polar surface area (TPSA) is 140 Å². The van der Waals surface area contributed by atoms with Crippen molar-refractivity contribution < 1.29 is 29.0 Å². The van der Waals surface area contributed by atoms with Crippen LogP contribution in [0.25, 0.3) is 33.5 Å². The predicted molar refractivity (Wildman–Crippen MR) is 255 cm³/mol. The van der Waals surface area contributed by atoms with Gasteiger partial charge in [-0.15, -0.1) is 0 Å². The van der Waals surface area contributed by atoms with Gasteiger partial charge >= 0.3 is 13.6 Å². The maximum absolute atomic E-state index is 12.0. The Hall–Kier alpha value is -4.08. The first-order valence-corrected chi connectivity index (χ1v) is 26.5. The molecule has 0 spiro atoms. The summed E-state index contributed by atoms with van der Waals surface area (Å²) in [6, 6.07) is 16.9. The Morgan fingerprint density at radius 2 is 1.12 bits per heavy atom. The molecule has 344 valence electrons. The van der Waals surface area contributed by atoms with E-state index in [-0.39, 0.29) is 28.5 Å². The maximum Gasteiger partial charge on any atom is 0.336 e. The number of para-hydroxylation sites is 4. The summed E-state index contributed by atoms with van der Waals surface area (Å²) in [7, 11) is -4.41. The Labute approximate surface area is 383 Å². The number of allylic oxidation sites excluding steroid dienone is 6. The van der Waals surface area contributed by atoms with Crippen molar-refractivity contribution in [2.24, 2.45) is 57.2 Å². The molecule has 0 radical (unpaired) electrons. The predicted octanol–water partition coefficient (Wildman–Crippen LogP) is 11.4. The molecule has 4 fully saturated rings. The van der Waals surface area contributed by atoms with E-state index in [4.69, 9.17) is 14.5 Å². The van der Waals surface area contributed by atoms with E-state index in [1.165, 1.54) is 60.1 Å². The standard InChI is InChI=1S/C28H35N2O5P.C26H32N2O/c1-27-13-11-19(35-26(31)16-36(32,33)34)15-18(27)7-8-20-21-9-10-25(28(21,2)14-12-22(20)27)30-17-29-23-5-3-4-6-24(23)30;1-25-13-11-18(29)15-17(25)7-8-19-20-9-10-24(26(20,2)14-12-21(19)25)28-16-27-22-5-3-4-6-23(22)28/h3-7,10,17,19-22H,8-9,11-16H2,1-2H3,(H2,32,33,34);3-7,10,16,18-21,29H,8-9,11-15H2,1-2H3/t19-,20?,21?,22?,27-,28-;18-,19?,20?,21?,25-,26-/m00/s1. The lowest BCUT2D eigenvalue weighted by Crippen LogP contribution is -2.50. The molecule has 4 aromatic rings. The van der Waals surface area contributed by atoms with Crippen LogP contribution in [0, 0.1) is 57.2 Å². The second-order valence-electron chi connectivity index (χ2n) is 22.4. The lowest BCUT2D eigenvalue weighted by Gasteiger charge is -2.57. The van der Waals surface area contributed by atoms with E-state index >= 15 is 0 Å². The van der Waals surface area contributed by atoms with E-state index in [1.807, 2.05) is 18.7 Å². The Kier molecular flexibility index (Phi) is 10.5. The number of carbonyl (C=O) groups excluding carboxylic acids is 1. The number of hydrogen-bond acceptors (Lipinski definition) is 6. The molecule has 0 amide bonds. The summed E-state index contributed by atoms with van der Waals surface area (Å²) in [5.41, 5.74) is 11.1. The summed E-state index contributed by atoms with van der Waals surface area (Å²) in [4.78, 5) is 39.5. The number of rotatable bonds is 5. The second-order valence-corrected chi connectivity index (χ2v) is 24.0. The van der Waals surface area contributed by atoms with Crippen molar-refractivity contribution in [2.45, 2.75) is 130 Å². The quantitative estimate of drug-likeness (QED) is 0.102. The van der Waals surface area contributed by atoms with Crippen LogP contribution in [0.3, 0.4) is 0 Å². The number of nitrogens with zero attached hydrogens (tertiary/aromatic N) is 4. The van der Waals surface area contributed by atoms with Crippen LogP contribution in [0.4, 0.5) is 0 Å².